The Kier molecular flexibility index (Phi) is 9.23. The molecule has 2 rings (SSSR count). The van der Waals surface area contributed by atoms with Gasteiger partial charge in [-0.05, 0) is 25.0 Å². The molecule has 1 saturated heterocycles. The van der Waals surface area contributed by atoms with E-state index in [1.165, 1.54) is 0 Å². The summed E-state index contributed by atoms with van der Waals surface area (Å²) in [6, 6.07) is 5.44. The van der Waals surface area contributed by atoms with Crippen molar-refractivity contribution in [2.45, 2.75) is 19.3 Å². The molecule has 1 fully saturated rings. The van der Waals surface area contributed by atoms with Crippen LogP contribution in [-0.2, 0) is 16.0 Å². The second-order valence-electron chi connectivity index (χ2n) is 6.08. The highest BCUT2D eigenvalue weighted by molar-refractivity contribution is 5.85. The van der Waals surface area contributed by atoms with Gasteiger partial charge >= 0.3 is 0 Å². The number of carbonyl (C=O) groups excluding carboxylic acids is 2. The van der Waals surface area contributed by atoms with Gasteiger partial charge in [-0.25, -0.2) is 0 Å². The molecule has 1 aromatic carbocycles. The fraction of sp³-hybridized carbons (Fsp3) is 0.556. The molecule has 7 nitrogen and oxygen atoms in total. The molecule has 1 aromatic rings. The molecule has 2 amide bonds. The molecule has 0 saturated carbocycles. The summed E-state index contributed by atoms with van der Waals surface area (Å²) in [7, 11) is 3.14. The minimum atomic E-state index is -0.177. The van der Waals surface area contributed by atoms with Crippen LogP contribution in [0.2, 0.25) is 0 Å². The van der Waals surface area contributed by atoms with E-state index in [0.717, 1.165) is 18.4 Å². The molecule has 26 heavy (non-hydrogen) atoms. The topological polar surface area (TPSA) is 93.9 Å². The summed E-state index contributed by atoms with van der Waals surface area (Å²) < 4.78 is 10.7. The highest BCUT2D eigenvalue weighted by atomic mass is 35.5. The predicted octanol–water partition coefficient (Wildman–Crippen LogP) is 0.982. The first-order chi connectivity index (χ1) is 12.1. The zero-order chi connectivity index (χ0) is 18.2. The lowest BCUT2D eigenvalue weighted by Gasteiger charge is -2.32. The Balaban J connectivity index is 0.00000338. The fourth-order valence-electron chi connectivity index (χ4n) is 3.12. The number of hydrogen-bond acceptors (Lipinski definition) is 5. The van der Waals surface area contributed by atoms with Crippen LogP contribution in [0.5, 0.6) is 11.5 Å². The maximum absolute atomic E-state index is 12.7. The van der Waals surface area contributed by atoms with Crippen molar-refractivity contribution >= 4 is 24.2 Å². The number of methoxy groups -OCH3 is 2. The van der Waals surface area contributed by atoms with Gasteiger partial charge in [-0.1, -0.05) is 6.07 Å². The van der Waals surface area contributed by atoms with Crippen molar-refractivity contribution in [1.29, 1.82) is 0 Å². The van der Waals surface area contributed by atoms with Gasteiger partial charge in [0.05, 0.1) is 26.6 Å². The van der Waals surface area contributed by atoms with Crippen molar-refractivity contribution < 1.29 is 19.1 Å². The first-order valence-corrected chi connectivity index (χ1v) is 8.56. The van der Waals surface area contributed by atoms with Crippen molar-refractivity contribution in [2.24, 2.45) is 11.7 Å². The smallest absolute Gasteiger partial charge is 0.227 e. The fourth-order valence-corrected chi connectivity index (χ4v) is 3.12. The van der Waals surface area contributed by atoms with E-state index in [-0.39, 0.29) is 36.6 Å². The van der Waals surface area contributed by atoms with E-state index in [1.807, 2.05) is 18.2 Å². The summed E-state index contributed by atoms with van der Waals surface area (Å²) >= 11 is 0. The van der Waals surface area contributed by atoms with Gasteiger partial charge < -0.3 is 25.4 Å². The van der Waals surface area contributed by atoms with E-state index in [0.29, 0.717) is 37.7 Å². The SMILES string of the molecule is COc1cccc(OC)c1CC(=O)N1CCCC(C(=O)NCCN)C1.Cl. The number of piperidine rings is 1. The van der Waals surface area contributed by atoms with Crippen LogP contribution in [0.15, 0.2) is 18.2 Å². The average Bonchev–Trinajstić information content (AvgIpc) is 2.66. The Morgan fingerprint density at radius 3 is 2.50 bits per heavy atom. The van der Waals surface area contributed by atoms with Crippen LogP contribution in [-0.4, -0.2) is 57.1 Å². The number of rotatable bonds is 7. The Morgan fingerprint density at radius 2 is 1.92 bits per heavy atom. The molecule has 0 bridgehead atoms. The minimum Gasteiger partial charge on any atom is -0.496 e. The summed E-state index contributed by atoms with van der Waals surface area (Å²) in [5.41, 5.74) is 6.15. The van der Waals surface area contributed by atoms with Gasteiger partial charge in [-0.2, -0.15) is 0 Å². The molecule has 1 unspecified atom stereocenters. The van der Waals surface area contributed by atoms with Gasteiger partial charge in [0.25, 0.3) is 0 Å². The van der Waals surface area contributed by atoms with Crippen molar-refractivity contribution in [2.75, 3.05) is 40.4 Å². The quantitative estimate of drug-likeness (QED) is 0.729. The van der Waals surface area contributed by atoms with E-state index in [1.54, 1.807) is 19.1 Å². The average molecular weight is 386 g/mol. The highest BCUT2D eigenvalue weighted by Gasteiger charge is 2.29. The third-order valence-electron chi connectivity index (χ3n) is 4.45. The van der Waals surface area contributed by atoms with Crippen LogP contribution < -0.4 is 20.5 Å². The van der Waals surface area contributed by atoms with Crippen molar-refractivity contribution in [3.63, 3.8) is 0 Å². The van der Waals surface area contributed by atoms with Crippen molar-refractivity contribution in [1.82, 2.24) is 10.2 Å². The maximum Gasteiger partial charge on any atom is 0.227 e. The Labute approximate surface area is 160 Å². The van der Waals surface area contributed by atoms with Crippen molar-refractivity contribution in [3.05, 3.63) is 23.8 Å². The number of benzene rings is 1. The van der Waals surface area contributed by atoms with Gasteiger partial charge in [-0.15, -0.1) is 12.4 Å². The lowest BCUT2D eigenvalue weighted by molar-refractivity contribution is -0.135. The van der Waals surface area contributed by atoms with E-state index < -0.39 is 0 Å². The summed E-state index contributed by atoms with van der Waals surface area (Å²) in [6.07, 6.45) is 1.79. The second-order valence-corrected chi connectivity index (χ2v) is 6.08. The van der Waals surface area contributed by atoms with E-state index >= 15 is 0 Å². The monoisotopic (exact) mass is 385 g/mol. The summed E-state index contributed by atoms with van der Waals surface area (Å²) in [4.78, 5) is 26.6. The normalized spacial score (nSPS) is 16.4. The molecule has 1 heterocycles. The molecule has 0 spiro atoms. The minimum absolute atomic E-state index is 0. The Hall–Kier alpha value is -1.99. The highest BCUT2D eigenvalue weighted by Crippen LogP contribution is 2.29. The Morgan fingerprint density at radius 1 is 1.27 bits per heavy atom. The molecule has 0 aliphatic carbocycles. The van der Waals surface area contributed by atoms with Crippen molar-refractivity contribution in [3.8, 4) is 11.5 Å². The standard InChI is InChI=1S/C18H27N3O4.ClH/c1-24-15-6-3-7-16(25-2)14(15)11-17(22)21-10-4-5-13(12-21)18(23)20-9-8-19;/h3,6-7,13H,4-5,8-12,19H2,1-2H3,(H,20,23);1H. The van der Waals surface area contributed by atoms with Crippen LogP contribution in [0.25, 0.3) is 0 Å². The third kappa shape index (κ3) is 5.51. The number of ether oxygens (including phenoxy) is 2. The van der Waals surface area contributed by atoms with Crippen LogP contribution >= 0.6 is 12.4 Å². The number of halogens is 1. The van der Waals surface area contributed by atoms with E-state index in [2.05, 4.69) is 5.32 Å². The van der Waals surface area contributed by atoms with Gasteiger partial charge in [0.2, 0.25) is 11.8 Å². The third-order valence-corrected chi connectivity index (χ3v) is 4.45. The molecule has 146 valence electrons. The molecule has 1 aliphatic rings. The number of nitrogens with two attached hydrogens (primary N) is 1. The molecular formula is C18H28ClN3O4. The first-order valence-electron chi connectivity index (χ1n) is 8.56. The summed E-state index contributed by atoms with van der Waals surface area (Å²) in [5, 5.41) is 2.81. The summed E-state index contributed by atoms with van der Waals surface area (Å²) in [5.74, 6) is 1.02. The number of amides is 2. The maximum atomic E-state index is 12.7. The molecule has 1 aliphatic heterocycles. The van der Waals surface area contributed by atoms with Gasteiger partial charge in [0, 0.05) is 31.7 Å². The number of nitrogens with zero attached hydrogens (tertiary/aromatic N) is 1. The first kappa shape index (κ1) is 22.1. The molecule has 1 atom stereocenters. The second kappa shape index (κ2) is 10.9. The van der Waals surface area contributed by atoms with Gasteiger partial charge in [0.15, 0.2) is 0 Å². The van der Waals surface area contributed by atoms with E-state index in [9.17, 15) is 9.59 Å². The zero-order valence-electron chi connectivity index (χ0n) is 15.3. The predicted molar refractivity (Wildman–Crippen MR) is 102 cm³/mol. The molecular weight excluding hydrogens is 358 g/mol. The van der Waals surface area contributed by atoms with Crippen LogP contribution in [0.4, 0.5) is 0 Å². The molecule has 8 heteroatoms. The lowest BCUT2D eigenvalue weighted by atomic mass is 9.96. The number of hydrogen-bond donors (Lipinski definition) is 2. The lowest BCUT2D eigenvalue weighted by Crippen LogP contribution is -2.46. The Bertz CT molecular complexity index is 590. The summed E-state index contributed by atoms with van der Waals surface area (Å²) in [6.45, 7) is 1.97. The van der Waals surface area contributed by atoms with E-state index in [4.69, 9.17) is 15.2 Å². The van der Waals surface area contributed by atoms with Gasteiger partial charge in [0.1, 0.15) is 11.5 Å². The number of likely N-dealkylation sites (tertiary alicyclic amines) is 1. The van der Waals surface area contributed by atoms with Crippen LogP contribution in [0.3, 0.4) is 0 Å². The zero-order valence-corrected chi connectivity index (χ0v) is 16.1. The number of carbonyl (C=O) groups is 2. The largest absolute Gasteiger partial charge is 0.496 e. The molecule has 0 aromatic heterocycles. The van der Waals surface area contributed by atoms with Crippen LogP contribution in [0, 0.1) is 5.92 Å². The molecule has 3 N–H and O–H groups in total. The van der Waals surface area contributed by atoms with Gasteiger partial charge in [-0.3, -0.25) is 9.59 Å². The molecule has 0 radical (unpaired) electrons. The number of nitrogens with one attached hydrogen (secondary N) is 1. The van der Waals surface area contributed by atoms with Crippen LogP contribution in [0.1, 0.15) is 18.4 Å².